The lowest BCUT2D eigenvalue weighted by Gasteiger charge is -2.06. The van der Waals surface area contributed by atoms with Gasteiger partial charge in [0.25, 0.3) is 0 Å². The lowest BCUT2D eigenvalue weighted by molar-refractivity contribution is 0.482. The zero-order valence-electron chi connectivity index (χ0n) is 16.1. The summed E-state index contributed by atoms with van der Waals surface area (Å²) < 4.78 is 11.6. The van der Waals surface area contributed by atoms with Crippen molar-refractivity contribution in [1.29, 1.82) is 10.8 Å². The van der Waals surface area contributed by atoms with Crippen LogP contribution in [0.2, 0.25) is 0 Å². The molecule has 4 rings (SSSR count). The number of hydrogen-bond acceptors (Lipinski definition) is 4. The van der Waals surface area contributed by atoms with Crippen LogP contribution >= 0.6 is 0 Å². The number of furan rings is 1. The Hall–Kier alpha value is -4.32. The first kappa shape index (κ1) is 19.0. The second-order valence-corrected chi connectivity index (χ2v) is 6.76. The van der Waals surface area contributed by atoms with E-state index in [9.17, 15) is 0 Å². The zero-order chi connectivity index (χ0) is 21.1. The quantitative estimate of drug-likeness (QED) is 0.272. The molecule has 6 nitrogen and oxygen atoms in total. The first-order valence-corrected chi connectivity index (χ1v) is 9.26. The van der Waals surface area contributed by atoms with Gasteiger partial charge in [0.05, 0.1) is 0 Å². The van der Waals surface area contributed by atoms with Gasteiger partial charge in [0, 0.05) is 16.5 Å². The highest BCUT2D eigenvalue weighted by atomic mass is 16.5. The van der Waals surface area contributed by atoms with E-state index in [2.05, 4.69) is 0 Å². The first-order chi connectivity index (χ1) is 14.5. The van der Waals surface area contributed by atoms with Gasteiger partial charge in [-0.25, -0.2) is 0 Å². The van der Waals surface area contributed by atoms with Crippen molar-refractivity contribution in [2.45, 2.75) is 0 Å². The van der Waals surface area contributed by atoms with Crippen LogP contribution < -0.4 is 16.2 Å². The summed E-state index contributed by atoms with van der Waals surface area (Å²) in [5.74, 6) is 2.17. The molecule has 0 saturated carbocycles. The second kappa shape index (κ2) is 7.97. The average molecular weight is 396 g/mol. The lowest BCUT2D eigenvalue weighted by atomic mass is 10.1. The van der Waals surface area contributed by atoms with Crippen LogP contribution in [-0.2, 0) is 0 Å². The normalized spacial score (nSPS) is 11.1. The van der Waals surface area contributed by atoms with Crippen LogP contribution in [0, 0.1) is 10.8 Å². The minimum Gasteiger partial charge on any atom is -0.457 e. The fraction of sp³-hybridized carbons (Fsp3) is 0. The van der Waals surface area contributed by atoms with Crippen LogP contribution in [0.25, 0.3) is 23.1 Å². The molecule has 0 aliphatic carbocycles. The van der Waals surface area contributed by atoms with Gasteiger partial charge < -0.3 is 20.6 Å². The number of nitrogens with one attached hydrogen (secondary N) is 2. The summed E-state index contributed by atoms with van der Waals surface area (Å²) in [5.41, 5.74) is 14.1. The monoisotopic (exact) mass is 396 g/mol. The Kier molecular flexibility index (Phi) is 5.05. The molecule has 30 heavy (non-hydrogen) atoms. The van der Waals surface area contributed by atoms with Crippen LogP contribution in [-0.4, -0.2) is 11.7 Å². The van der Waals surface area contributed by atoms with E-state index in [-0.39, 0.29) is 11.7 Å². The molecule has 0 atom stereocenters. The summed E-state index contributed by atoms with van der Waals surface area (Å²) in [7, 11) is 0. The zero-order valence-corrected chi connectivity index (χ0v) is 16.1. The smallest absolute Gasteiger partial charge is 0.134 e. The maximum atomic E-state index is 7.53. The Labute approximate surface area is 173 Å². The lowest BCUT2D eigenvalue weighted by Crippen LogP contribution is -2.10. The van der Waals surface area contributed by atoms with E-state index < -0.39 is 0 Å². The maximum Gasteiger partial charge on any atom is 0.134 e. The van der Waals surface area contributed by atoms with Gasteiger partial charge in [0.1, 0.15) is 34.5 Å². The Morgan fingerprint density at radius 3 is 1.97 bits per heavy atom. The van der Waals surface area contributed by atoms with E-state index in [0.717, 1.165) is 22.3 Å². The Balaban J connectivity index is 1.45. The molecule has 0 fully saturated rings. The number of amidine groups is 2. The SMILES string of the molecule is N=C(N)c1ccc(Oc2ccc(/C=C/c3cc4cc(C(=N)N)ccc4o3)cc2)cc1. The van der Waals surface area contributed by atoms with Crippen molar-refractivity contribution >= 4 is 34.8 Å². The van der Waals surface area contributed by atoms with Gasteiger partial charge >= 0.3 is 0 Å². The Bertz CT molecular complexity index is 1250. The molecular formula is C24H20N4O2. The van der Waals surface area contributed by atoms with E-state index in [4.69, 9.17) is 31.4 Å². The number of ether oxygens (including phenoxy) is 1. The van der Waals surface area contributed by atoms with Gasteiger partial charge in [-0.15, -0.1) is 0 Å². The summed E-state index contributed by atoms with van der Waals surface area (Å²) in [6.07, 6.45) is 3.85. The van der Waals surface area contributed by atoms with Crippen molar-refractivity contribution in [2.75, 3.05) is 0 Å². The van der Waals surface area contributed by atoms with E-state index in [1.54, 1.807) is 30.3 Å². The molecule has 6 N–H and O–H groups in total. The topological polar surface area (TPSA) is 122 Å². The van der Waals surface area contributed by atoms with E-state index in [1.165, 1.54) is 0 Å². The number of nitrogens with two attached hydrogens (primary N) is 2. The molecule has 0 saturated heterocycles. The summed E-state index contributed by atoms with van der Waals surface area (Å²) in [4.78, 5) is 0. The second-order valence-electron chi connectivity index (χ2n) is 6.76. The van der Waals surface area contributed by atoms with Gasteiger partial charge in [-0.2, -0.15) is 0 Å². The molecule has 6 heteroatoms. The number of nitrogen functional groups attached to an aromatic ring is 2. The molecule has 0 radical (unpaired) electrons. The Morgan fingerprint density at radius 1 is 0.733 bits per heavy atom. The number of benzene rings is 3. The third-order valence-corrected chi connectivity index (χ3v) is 4.57. The van der Waals surface area contributed by atoms with Crippen molar-refractivity contribution in [2.24, 2.45) is 11.5 Å². The fourth-order valence-electron chi connectivity index (χ4n) is 2.98. The summed E-state index contributed by atoms with van der Waals surface area (Å²) in [5, 5.41) is 15.9. The fourth-order valence-corrected chi connectivity index (χ4v) is 2.98. The third kappa shape index (κ3) is 4.23. The third-order valence-electron chi connectivity index (χ3n) is 4.57. The predicted molar refractivity (Wildman–Crippen MR) is 120 cm³/mol. The summed E-state index contributed by atoms with van der Waals surface area (Å²) in [6.45, 7) is 0. The van der Waals surface area contributed by atoms with Gasteiger partial charge in [-0.05, 0) is 72.3 Å². The van der Waals surface area contributed by atoms with Crippen LogP contribution in [0.4, 0.5) is 0 Å². The van der Waals surface area contributed by atoms with Gasteiger partial charge in [-0.1, -0.05) is 18.2 Å². The van der Waals surface area contributed by atoms with E-state index in [1.807, 2.05) is 54.6 Å². The van der Waals surface area contributed by atoms with Crippen molar-refractivity contribution < 1.29 is 9.15 Å². The highest BCUT2D eigenvalue weighted by Gasteiger charge is 2.04. The largest absolute Gasteiger partial charge is 0.457 e. The van der Waals surface area contributed by atoms with E-state index >= 15 is 0 Å². The molecule has 0 aliphatic heterocycles. The van der Waals surface area contributed by atoms with Crippen LogP contribution in [0.15, 0.2) is 77.2 Å². The predicted octanol–water partition coefficient (Wildman–Crippen LogP) is 4.96. The first-order valence-electron chi connectivity index (χ1n) is 9.26. The molecule has 3 aromatic carbocycles. The highest BCUT2D eigenvalue weighted by molar-refractivity contribution is 5.98. The molecule has 0 unspecified atom stereocenters. The molecule has 0 spiro atoms. The minimum atomic E-state index is 0.0291. The molecule has 4 aromatic rings. The van der Waals surface area contributed by atoms with Gasteiger partial charge in [0.2, 0.25) is 0 Å². The van der Waals surface area contributed by atoms with Crippen molar-refractivity contribution in [3.63, 3.8) is 0 Å². The average Bonchev–Trinajstić information content (AvgIpc) is 3.16. The molecule has 0 aliphatic rings. The Morgan fingerprint density at radius 2 is 1.33 bits per heavy atom. The number of rotatable bonds is 6. The van der Waals surface area contributed by atoms with Crippen LogP contribution in [0.5, 0.6) is 11.5 Å². The highest BCUT2D eigenvalue weighted by Crippen LogP contribution is 2.24. The molecule has 0 amide bonds. The molecule has 0 bridgehead atoms. The molecular weight excluding hydrogens is 376 g/mol. The van der Waals surface area contributed by atoms with E-state index in [0.29, 0.717) is 22.6 Å². The number of fused-ring (bicyclic) bond motifs is 1. The van der Waals surface area contributed by atoms with Crippen molar-refractivity contribution in [3.05, 3.63) is 95.2 Å². The number of hydrogen-bond donors (Lipinski definition) is 4. The molecule has 1 heterocycles. The van der Waals surface area contributed by atoms with Crippen molar-refractivity contribution in [1.82, 2.24) is 0 Å². The van der Waals surface area contributed by atoms with Crippen LogP contribution in [0.1, 0.15) is 22.5 Å². The van der Waals surface area contributed by atoms with Gasteiger partial charge in [0.15, 0.2) is 0 Å². The molecule has 148 valence electrons. The minimum absolute atomic E-state index is 0.0291. The molecule has 1 aromatic heterocycles. The van der Waals surface area contributed by atoms with Gasteiger partial charge in [-0.3, -0.25) is 10.8 Å². The standard InChI is InChI=1S/C24H20N4O2/c25-23(26)16-4-10-20(11-5-16)29-19-7-1-15(2-8-19)3-9-21-14-18-13-17(24(27)28)6-12-22(18)30-21/h1-14H,(H3,25,26)(H3,27,28)/b9-3+. The van der Waals surface area contributed by atoms with Crippen molar-refractivity contribution in [3.8, 4) is 11.5 Å². The maximum absolute atomic E-state index is 7.53. The summed E-state index contributed by atoms with van der Waals surface area (Å²) >= 11 is 0. The van der Waals surface area contributed by atoms with Crippen LogP contribution in [0.3, 0.4) is 0 Å². The summed E-state index contributed by atoms with van der Waals surface area (Å²) in [6, 6.07) is 22.1.